The number of fused-ring (bicyclic) bond motifs is 1. The molecule has 0 fully saturated rings. The van der Waals surface area contributed by atoms with E-state index in [-0.39, 0.29) is 5.91 Å². The van der Waals surface area contributed by atoms with Crippen molar-refractivity contribution in [2.24, 2.45) is 5.73 Å². The van der Waals surface area contributed by atoms with Crippen LogP contribution in [0.15, 0.2) is 48.8 Å². The highest BCUT2D eigenvalue weighted by molar-refractivity contribution is 5.97. The van der Waals surface area contributed by atoms with Crippen LogP contribution in [0.25, 0.3) is 28.2 Å². The maximum atomic E-state index is 12.2. The maximum absolute atomic E-state index is 12.2. The second-order valence-corrected chi connectivity index (χ2v) is 5.88. The smallest absolute Gasteiger partial charge is 0.253 e. The van der Waals surface area contributed by atoms with Gasteiger partial charge in [0.25, 0.3) is 5.91 Å². The molecule has 0 unspecified atom stereocenters. The van der Waals surface area contributed by atoms with Gasteiger partial charge in [0.05, 0.1) is 0 Å². The predicted molar refractivity (Wildman–Crippen MR) is 97.8 cm³/mol. The summed E-state index contributed by atoms with van der Waals surface area (Å²) < 4.78 is 0. The van der Waals surface area contributed by atoms with Crippen molar-refractivity contribution in [3.63, 3.8) is 0 Å². The third-order valence-electron chi connectivity index (χ3n) is 3.84. The Morgan fingerprint density at radius 1 is 1.20 bits per heavy atom. The van der Waals surface area contributed by atoms with E-state index in [9.17, 15) is 9.59 Å². The van der Waals surface area contributed by atoms with Crippen molar-refractivity contribution in [3.8, 4) is 11.1 Å². The SMILES string of the molecule is CN(C)C(=O)c1cccc(-c2cnc3[nH]cc(/C=C/C(N)=O)c3c2)c1. The summed E-state index contributed by atoms with van der Waals surface area (Å²) in [5.74, 6) is -0.559. The monoisotopic (exact) mass is 334 g/mol. The normalized spacial score (nSPS) is 11.1. The summed E-state index contributed by atoms with van der Waals surface area (Å²) in [7, 11) is 3.44. The fourth-order valence-electron chi connectivity index (χ4n) is 2.58. The molecule has 6 nitrogen and oxygen atoms in total. The Morgan fingerprint density at radius 3 is 2.72 bits per heavy atom. The molecular weight excluding hydrogens is 316 g/mol. The number of nitrogens with zero attached hydrogens (tertiary/aromatic N) is 2. The van der Waals surface area contributed by atoms with Crippen molar-refractivity contribution in [1.82, 2.24) is 14.9 Å². The van der Waals surface area contributed by atoms with Crippen molar-refractivity contribution in [2.75, 3.05) is 14.1 Å². The maximum Gasteiger partial charge on any atom is 0.253 e. The van der Waals surface area contributed by atoms with Gasteiger partial charge >= 0.3 is 0 Å². The largest absolute Gasteiger partial charge is 0.366 e. The van der Waals surface area contributed by atoms with Gasteiger partial charge in [-0.15, -0.1) is 0 Å². The minimum Gasteiger partial charge on any atom is -0.366 e. The first-order valence-electron chi connectivity index (χ1n) is 7.72. The molecule has 2 heterocycles. The number of hydrogen-bond donors (Lipinski definition) is 2. The Bertz CT molecular complexity index is 986. The zero-order valence-corrected chi connectivity index (χ0v) is 14.0. The minimum absolute atomic E-state index is 0.0531. The number of aromatic amines is 1. The van der Waals surface area contributed by atoms with Gasteiger partial charge in [-0.05, 0) is 29.8 Å². The van der Waals surface area contributed by atoms with Crippen molar-refractivity contribution < 1.29 is 9.59 Å². The van der Waals surface area contributed by atoms with Crippen LogP contribution in [0, 0.1) is 0 Å². The molecule has 0 radical (unpaired) electrons. The van der Waals surface area contributed by atoms with E-state index in [1.165, 1.54) is 6.08 Å². The standard InChI is InChI=1S/C19H18N4O2/c1-23(2)19(25)13-5-3-4-12(8-13)15-9-16-14(6-7-17(20)24)10-21-18(16)22-11-15/h3-11H,1-2H3,(H2,20,24)(H,21,22)/b7-6+. The van der Waals surface area contributed by atoms with Gasteiger partial charge in [0.2, 0.25) is 5.91 Å². The lowest BCUT2D eigenvalue weighted by Crippen LogP contribution is -2.21. The molecule has 2 amide bonds. The first kappa shape index (κ1) is 16.4. The second kappa shape index (κ2) is 6.60. The molecule has 3 N–H and O–H groups in total. The number of nitrogens with two attached hydrogens (primary N) is 1. The van der Waals surface area contributed by atoms with Gasteiger partial charge in [0.15, 0.2) is 0 Å². The molecular formula is C19H18N4O2. The van der Waals surface area contributed by atoms with Crippen LogP contribution in [0.2, 0.25) is 0 Å². The molecule has 2 aromatic heterocycles. The average molecular weight is 334 g/mol. The Labute approximate surface area is 145 Å². The molecule has 6 heteroatoms. The van der Waals surface area contributed by atoms with E-state index in [0.29, 0.717) is 11.2 Å². The summed E-state index contributed by atoms with van der Waals surface area (Å²) in [6, 6.07) is 9.38. The molecule has 1 aromatic carbocycles. The Kier molecular flexibility index (Phi) is 4.35. The van der Waals surface area contributed by atoms with Gasteiger partial charge in [0.1, 0.15) is 5.65 Å². The zero-order chi connectivity index (χ0) is 18.0. The van der Waals surface area contributed by atoms with Crippen molar-refractivity contribution in [3.05, 3.63) is 59.9 Å². The number of hydrogen-bond acceptors (Lipinski definition) is 3. The van der Waals surface area contributed by atoms with Crippen molar-refractivity contribution in [1.29, 1.82) is 0 Å². The van der Waals surface area contributed by atoms with Gasteiger partial charge in [-0.3, -0.25) is 9.59 Å². The predicted octanol–water partition coefficient (Wildman–Crippen LogP) is 2.43. The van der Waals surface area contributed by atoms with Crippen molar-refractivity contribution >= 4 is 28.9 Å². The van der Waals surface area contributed by atoms with E-state index in [0.717, 1.165) is 22.1 Å². The van der Waals surface area contributed by atoms with Crippen LogP contribution in [-0.4, -0.2) is 40.8 Å². The van der Waals surface area contributed by atoms with E-state index in [2.05, 4.69) is 9.97 Å². The molecule has 0 bridgehead atoms. The van der Waals surface area contributed by atoms with Crippen LogP contribution in [0.5, 0.6) is 0 Å². The number of aromatic nitrogens is 2. The van der Waals surface area contributed by atoms with E-state index in [1.807, 2.05) is 24.3 Å². The highest BCUT2D eigenvalue weighted by atomic mass is 16.2. The Balaban J connectivity index is 2.04. The molecule has 0 aliphatic carbocycles. The number of nitrogens with one attached hydrogen (secondary N) is 1. The highest BCUT2D eigenvalue weighted by Crippen LogP contribution is 2.26. The Hall–Kier alpha value is -3.41. The molecule has 3 aromatic rings. The summed E-state index contributed by atoms with van der Waals surface area (Å²) in [6.45, 7) is 0. The van der Waals surface area contributed by atoms with Crippen LogP contribution < -0.4 is 5.73 Å². The number of primary amides is 1. The first-order valence-corrected chi connectivity index (χ1v) is 7.72. The molecule has 0 atom stereocenters. The molecule has 0 saturated carbocycles. The molecule has 0 spiro atoms. The molecule has 126 valence electrons. The number of pyridine rings is 1. The van der Waals surface area contributed by atoms with E-state index in [1.54, 1.807) is 43.5 Å². The third kappa shape index (κ3) is 3.42. The van der Waals surface area contributed by atoms with Gasteiger partial charge in [-0.25, -0.2) is 4.98 Å². The number of carbonyl (C=O) groups excluding carboxylic acids is 2. The fraction of sp³-hybridized carbons (Fsp3) is 0.105. The highest BCUT2D eigenvalue weighted by Gasteiger charge is 2.10. The number of amides is 2. The van der Waals surface area contributed by atoms with E-state index < -0.39 is 5.91 Å². The summed E-state index contributed by atoms with van der Waals surface area (Å²) in [4.78, 5) is 32.1. The number of carbonyl (C=O) groups is 2. The lowest BCUT2D eigenvalue weighted by Gasteiger charge is -2.11. The zero-order valence-electron chi connectivity index (χ0n) is 14.0. The lowest BCUT2D eigenvalue weighted by molar-refractivity contribution is -0.113. The van der Waals surface area contributed by atoms with Crippen LogP contribution in [-0.2, 0) is 4.79 Å². The van der Waals surface area contributed by atoms with Crippen LogP contribution in [0.1, 0.15) is 15.9 Å². The molecule has 25 heavy (non-hydrogen) atoms. The number of rotatable bonds is 4. The Morgan fingerprint density at radius 2 is 2.00 bits per heavy atom. The number of H-pyrrole nitrogens is 1. The summed E-state index contributed by atoms with van der Waals surface area (Å²) >= 11 is 0. The molecule has 0 aliphatic heterocycles. The fourth-order valence-corrected chi connectivity index (χ4v) is 2.58. The van der Waals surface area contributed by atoms with Gasteiger partial charge in [0, 0.05) is 54.6 Å². The van der Waals surface area contributed by atoms with Crippen LogP contribution in [0.4, 0.5) is 0 Å². The van der Waals surface area contributed by atoms with Crippen LogP contribution >= 0.6 is 0 Å². The van der Waals surface area contributed by atoms with Crippen LogP contribution in [0.3, 0.4) is 0 Å². The molecule has 0 aliphatic rings. The summed E-state index contributed by atoms with van der Waals surface area (Å²) in [5.41, 5.74) is 9.09. The molecule has 0 saturated heterocycles. The first-order chi connectivity index (χ1) is 12.0. The molecule has 3 rings (SSSR count). The summed E-state index contributed by atoms with van der Waals surface area (Å²) in [5, 5.41) is 0.874. The topological polar surface area (TPSA) is 92.1 Å². The lowest BCUT2D eigenvalue weighted by atomic mass is 10.0. The second-order valence-electron chi connectivity index (χ2n) is 5.88. The van der Waals surface area contributed by atoms with Gasteiger partial charge in [-0.1, -0.05) is 12.1 Å². The third-order valence-corrected chi connectivity index (χ3v) is 3.84. The minimum atomic E-state index is -0.506. The quantitative estimate of drug-likeness (QED) is 0.718. The number of benzene rings is 1. The van der Waals surface area contributed by atoms with Crippen molar-refractivity contribution in [2.45, 2.75) is 0 Å². The average Bonchev–Trinajstić information content (AvgIpc) is 3.01. The van der Waals surface area contributed by atoms with Gasteiger partial charge in [-0.2, -0.15) is 0 Å². The summed E-state index contributed by atoms with van der Waals surface area (Å²) in [6.07, 6.45) is 6.48. The van der Waals surface area contributed by atoms with E-state index >= 15 is 0 Å². The van der Waals surface area contributed by atoms with Gasteiger partial charge < -0.3 is 15.6 Å². The van der Waals surface area contributed by atoms with E-state index in [4.69, 9.17) is 5.73 Å².